The predicted octanol–water partition coefficient (Wildman–Crippen LogP) is 4.51. The molecule has 0 fully saturated rings. The van der Waals surface area contributed by atoms with E-state index in [1.54, 1.807) is 18.3 Å². The summed E-state index contributed by atoms with van der Waals surface area (Å²) >= 11 is 0. The molecule has 3 aromatic rings. The highest BCUT2D eigenvalue weighted by Crippen LogP contribution is 2.16. The van der Waals surface area contributed by atoms with Crippen molar-refractivity contribution in [3.05, 3.63) is 78.0 Å². The zero-order valence-corrected chi connectivity index (χ0v) is 14.9. The normalized spacial score (nSPS) is 10.5. The Morgan fingerprint density at radius 1 is 1.08 bits per heavy atom. The number of nitrogens with zero attached hydrogens (tertiary/aromatic N) is 2. The number of ether oxygens (including phenoxy) is 1. The van der Waals surface area contributed by atoms with Crippen LogP contribution < -0.4 is 10.1 Å². The number of amides is 1. The average molecular weight is 349 g/mol. The van der Waals surface area contributed by atoms with Gasteiger partial charge in [-0.05, 0) is 36.2 Å². The van der Waals surface area contributed by atoms with Crippen molar-refractivity contribution in [1.82, 2.24) is 9.78 Å². The van der Waals surface area contributed by atoms with Crippen molar-refractivity contribution >= 4 is 11.7 Å². The van der Waals surface area contributed by atoms with Crippen molar-refractivity contribution < 1.29 is 9.53 Å². The number of hydrogen-bond donors (Lipinski definition) is 1. The number of unbranched alkanes of at least 4 members (excludes halogenated alkanes) is 1. The number of hydrogen-bond acceptors (Lipinski definition) is 3. The van der Waals surface area contributed by atoms with Gasteiger partial charge < -0.3 is 10.1 Å². The van der Waals surface area contributed by atoms with E-state index in [-0.39, 0.29) is 5.91 Å². The van der Waals surface area contributed by atoms with E-state index >= 15 is 0 Å². The molecule has 0 radical (unpaired) electrons. The first kappa shape index (κ1) is 17.7. The third-order valence-corrected chi connectivity index (χ3v) is 4.05. The van der Waals surface area contributed by atoms with Crippen LogP contribution >= 0.6 is 0 Å². The summed E-state index contributed by atoms with van der Waals surface area (Å²) in [5, 5.41) is 7.16. The number of rotatable bonds is 8. The summed E-state index contributed by atoms with van der Waals surface area (Å²) < 4.78 is 7.57. The predicted molar refractivity (Wildman–Crippen MR) is 102 cm³/mol. The van der Waals surface area contributed by atoms with E-state index in [0.717, 1.165) is 30.7 Å². The molecule has 0 atom stereocenters. The van der Waals surface area contributed by atoms with Crippen LogP contribution in [-0.2, 0) is 13.2 Å². The Morgan fingerprint density at radius 3 is 2.58 bits per heavy atom. The van der Waals surface area contributed by atoms with E-state index in [1.165, 1.54) is 0 Å². The number of anilines is 1. The van der Waals surface area contributed by atoms with Gasteiger partial charge in [0.05, 0.1) is 6.20 Å². The van der Waals surface area contributed by atoms with Crippen LogP contribution in [0.25, 0.3) is 0 Å². The van der Waals surface area contributed by atoms with Gasteiger partial charge in [0.15, 0.2) is 0 Å². The van der Waals surface area contributed by atoms with Crippen molar-refractivity contribution in [2.75, 3.05) is 5.32 Å². The number of nitrogens with one attached hydrogen (secondary N) is 1. The molecular formula is C21H23N3O2. The molecule has 1 N–H and O–H groups in total. The largest absolute Gasteiger partial charge is 0.489 e. The molecule has 1 amide bonds. The van der Waals surface area contributed by atoms with Crippen molar-refractivity contribution in [2.45, 2.75) is 32.9 Å². The molecule has 0 saturated carbocycles. The zero-order chi connectivity index (χ0) is 18.2. The molecule has 3 rings (SSSR count). The van der Waals surface area contributed by atoms with Crippen LogP contribution in [0.3, 0.4) is 0 Å². The maximum Gasteiger partial charge on any atom is 0.256 e. The van der Waals surface area contributed by atoms with Crippen molar-refractivity contribution in [1.29, 1.82) is 0 Å². The number of carbonyl (C=O) groups is 1. The molecule has 0 spiro atoms. The van der Waals surface area contributed by atoms with Crippen LogP contribution in [0.4, 0.5) is 5.82 Å². The van der Waals surface area contributed by atoms with Gasteiger partial charge in [0, 0.05) is 18.2 Å². The molecule has 0 saturated heterocycles. The molecule has 2 aromatic carbocycles. The summed E-state index contributed by atoms with van der Waals surface area (Å²) in [5.41, 5.74) is 1.69. The molecule has 1 heterocycles. The fraction of sp³-hybridized carbons (Fsp3) is 0.238. The van der Waals surface area contributed by atoms with Gasteiger partial charge in [-0.2, -0.15) is 5.10 Å². The van der Waals surface area contributed by atoms with Gasteiger partial charge in [-0.3, -0.25) is 4.79 Å². The Balaban J connectivity index is 1.58. The summed E-state index contributed by atoms with van der Waals surface area (Å²) in [4.78, 5) is 12.4. The fourth-order valence-corrected chi connectivity index (χ4v) is 2.56. The summed E-state index contributed by atoms with van der Waals surface area (Å²) in [6.45, 7) is 3.43. The van der Waals surface area contributed by atoms with E-state index in [9.17, 15) is 4.79 Å². The highest BCUT2D eigenvalue weighted by atomic mass is 16.5. The Kier molecular flexibility index (Phi) is 6.04. The number of benzene rings is 2. The van der Waals surface area contributed by atoms with E-state index in [1.807, 2.05) is 53.2 Å². The Morgan fingerprint density at radius 2 is 1.85 bits per heavy atom. The van der Waals surface area contributed by atoms with E-state index in [0.29, 0.717) is 18.0 Å². The first-order valence-electron chi connectivity index (χ1n) is 8.86. The second kappa shape index (κ2) is 8.85. The third-order valence-electron chi connectivity index (χ3n) is 4.05. The van der Waals surface area contributed by atoms with Gasteiger partial charge in [-0.25, -0.2) is 4.68 Å². The standard InChI is InChI=1S/C21H23N3O2/c1-2-3-15-24-20(13-14-22-24)23-21(25)18-9-11-19(12-10-18)26-16-17-7-5-4-6-8-17/h4-14H,2-3,15-16H2,1H3,(H,23,25). The monoisotopic (exact) mass is 349 g/mol. The second-order valence-electron chi connectivity index (χ2n) is 6.05. The van der Waals surface area contributed by atoms with Gasteiger partial charge in [0.25, 0.3) is 5.91 Å². The third kappa shape index (κ3) is 4.72. The van der Waals surface area contributed by atoms with Gasteiger partial charge in [-0.15, -0.1) is 0 Å². The van der Waals surface area contributed by atoms with Crippen molar-refractivity contribution in [3.8, 4) is 5.75 Å². The lowest BCUT2D eigenvalue weighted by atomic mass is 10.2. The molecular weight excluding hydrogens is 326 g/mol. The molecule has 26 heavy (non-hydrogen) atoms. The van der Waals surface area contributed by atoms with E-state index in [2.05, 4.69) is 17.3 Å². The topological polar surface area (TPSA) is 56.2 Å². The molecule has 0 aliphatic carbocycles. The zero-order valence-electron chi connectivity index (χ0n) is 14.9. The Hall–Kier alpha value is -3.08. The molecule has 0 aliphatic rings. The first-order chi connectivity index (χ1) is 12.8. The second-order valence-corrected chi connectivity index (χ2v) is 6.05. The molecule has 0 aliphatic heterocycles. The van der Waals surface area contributed by atoms with Gasteiger partial charge in [0.2, 0.25) is 0 Å². The van der Waals surface area contributed by atoms with Crippen LogP contribution in [0.15, 0.2) is 66.9 Å². The average Bonchev–Trinajstić information content (AvgIpc) is 3.12. The van der Waals surface area contributed by atoms with Crippen LogP contribution in [0, 0.1) is 0 Å². The van der Waals surface area contributed by atoms with Gasteiger partial charge in [-0.1, -0.05) is 43.7 Å². The SMILES string of the molecule is CCCCn1nccc1NC(=O)c1ccc(OCc2ccccc2)cc1. The minimum Gasteiger partial charge on any atom is -0.489 e. The number of carbonyl (C=O) groups excluding carboxylic acids is 1. The summed E-state index contributed by atoms with van der Waals surface area (Å²) in [5.74, 6) is 1.30. The lowest BCUT2D eigenvalue weighted by Crippen LogP contribution is -2.15. The number of aryl methyl sites for hydroxylation is 1. The lowest BCUT2D eigenvalue weighted by Gasteiger charge is -2.10. The highest BCUT2D eigenvalue weighted by molar-refractivity contribution is 6.03. The fourth-order valence-electron chi connectivity index (χ4n) is 2.56. The quantitative estimate of drug-likeness (QED) is 0.651. The Bertz CT molecular complexity index is 826. The van der Waals surface area contributed by atoms with Crippen LogP contribution in [0.2, 0.25) is 0 Å². The van der Waals surface area contributed by atoms with Crippen LogP contribution in [0.1, 0.15) is 35.7 Å². The summed E-state index contributed by atoms with van der Waals surface area (Å²) in [6, 6.07) is 18.9. The molecule has 1 aromatic heterocycles. The summed E-state index contributed by atoms with van der Waals surface area (Å²) in [7, 11) is 0. The molecule has 5 heteroatoms. The number of aromatic nitrogens is 2. The molecule has 0 unspecified atom stereocenters. The van der Waals surface area contributed by atoms with Crippen LogP contribution in [0.5, 0.6) is 5.75 Å². The van der Waals surface area contributed by atoms with Crippen molar-refractivity contribution in [2.24, 2.45) is 0 Å². The maximum absolute atomic E-state index is 12.4. The molecule has 5 nitrogen and oxygen atoms in total. The summed E-state index contributed by atoms with van der Waals surface area (Å²) in [6.07, 6.45) is 3.81. The maximum atomic E-state index is 12.4. The molecule has 0 bridgehead atoms. The van der Waals surface area contributed by atoms with Gasteiger partial charge >= 0.3 is 0 Å². The van der Waals surface area contributed by atoms with E-state index in [4.69, 9.17) is 4.74 Å². The first-order valence-corrected chi connectivity index (χ1v) is 8.86. The smallest absolute Gasteiger partial charge is 0.256 e. The molecule has 134 valence electrons. The minimum atomic E-state index is -0.155. The van der Waals surface area contributed by atoms with Gasteiger partial charge in [0.1, 0.15) is 18.2 Å². The highest BCUT2D eigenvalue weighted by Gasteiger charge is 2.09. The lowest BCUT2D eigenvalue weighted by molar-refractivity contribution is 0.102. The van der Waals surface area contributed by atoms with Crippen molar-refractivity contribution in [3.63, 3.8) is 0 Å². The Labute approximate surface area is 153 Å². The van der Waals surface area contributed by atoms with E-state index < -0.39 is 0 Å². The minimum absolute atomic E-state index is 0.155. The van der Waals surface area contributed by atoms with Crippen LogP contribution in [-0.4, -0.2) is 15.7 Å².